The molecule has 2 aromatic carbocycles. The van der Waals surface area contributed by atoms with E-state index >= 15 is 0 Å². The summed E-state index contributed by atoms with van der Waals surface area (Å²) in [7, 11) is 0. The molecule has 0 amide bonds. The van der Waals surface area contributed by atoms with Gasteiger partial charge in [-0.15, -0.1) is 0 Å². The zero-order valence-electron chi connectivity index (χ0n) is 14.4. The molecule has 0 fully saturated rings. The first-order valence-corrected chi connectivity index (χ1v) is 7.95. The topological polar surface area (TPSA) is 26.3 Å². The maximum atomic E-state index is 13.8. The first-order valence-electron chi connectivity index (χ1n) is 7.95. The number of carbonyl (C=O) groups excluding carboxylic acids is 1. The molecule has 2 nitrogen and oxygen atoms in total. The highest BCUT2D eigenvalue weighted by Crippen LogP contribution is 2.51. The van der Waals surface area contributed by atoms with Crippen LogP contribution in [0.1, 0.15) is 36.2 Å². The van der Waals surface area contributed by atoms with Gasteiger partial charge in [0.2, 0.25) is 0 Å². The van der Waals surface area contributed by atoms with Crippen molar-refractivity contribution in [1.82, 2.24) is 0 Å². The van der Waals surface area contributed by atoms with Gasteiger partial charge in [-0.1, -0.05) is 6.92 Å². The lowest BCUT2D eigenvalue weighted by Crippen LogP contribution is -2.50. The molecule has 0 N–H and O–H groups in total. The third-order valence-electron chi connectivity index (χ3n) is 3.90. The van der Waals surface area contributed by atoms with E-state index in [4.69, 9.17) is 4.74 Å². The van der Waals surface area contributed by atoms with Crippen LogP contribution in [0.15, 0.2) is 48.5 Å². The molecule has 0 unspecified atom stereocenters. The summed E-state index contributed by atoms with van der Waals surface area (Å²) in [6, 6.07) is 9.15. The average Bonchev–Trinajstić information content (AvgIpc) is 2.61. The van der Waals surface area contributed by atoms with Crippen LogP contribution < -0.4 is 4.74 Å². The van der Waals surface area contributed by atoms with Crippen LogP contribution in [0.25, 0.3) is 0 Å². The van der Waals surface area contributed by atoms with Crippen LogP contribution in [0.5, 0.6) is 11.5 Å². The number of halogens is 6. The van der Waals surface area contributed by atoms with E-state index in [9.17, 15) is 31.1 Å². The molecular weight excluding hydrogens is 374 g/mol. The van der Waals surface area contributed by atoms with Crippen LogP contribution >= 0.6 is 0 Å². The molecule has 0 saturated heterocycles. The van der Waals surface area contributed by atoms with Crippen molar-refractivity contribution >= 4 is 5.78 Å². The SMILES string of the molecule is CCC(=O)c1ccc(Oc2ccc(C(F)(F)C(F)(F)C(C)(F)F)cc2)cc1. The number of hydrogen-bond donors (Lipinski definition) is 0. The third kappa shape index (κ3) is 4.09. The van der Waals surface area contributed by atoms with Crippen LogP contribution in [0.2, 0.25) is 0 Å². The van der Waals surface area contributed by atoms with Crippen molar-refractivity contribution in [1.29, 1.82) is 0 Å². The molecule has 2 aromatic rings. The molecule has 0 radical (unpaired) electrons. The Morgan fingerprint density at radius 3 is 1.70 bits per heavy atom. The number of hydrogen-bond acceptors (Lipinski definition) is 2. The first-order chi connectivity index (χ1) is 12.4. The smallest absolute Gasteiger partial charge is 0.375 e. The molecular formula is C19H16F6O2. The van der Waals surface area contributed by atoms with Crippen LogP contribution in [0.4, 0.5) is 26.3 Å². The Kier molecular flexibility index (Phi) is 5.58. The summed E-state index contributed by atoms with van der Waals surface area (Å²) >= 11 is 0. The normalized spacial score (nSPS) is 12.7. The third-order valence-corrected chi connectivity index (χ3v) is 3.90. The highest BCUT2D eigenvalue weighted by molar-refractivity contribution is 5.95. The number of benzene rings is 2. The predicted octanol–water partition coefficient (Wildman–Crippen LogP) is 6.45. The van der Waals surface area contributed by atoms with Crippen LogP contribution in [-0.2, 0) is 5.92 Å². The highest BCUT2D eigenvalue weighted by atomic mass is 19.3. The second-order valence-corrected chi connectivity index (χ2v) is 5.96. The largest absolute Gasteiger partial charge is 0.457 e. The van der Waals surface area contributed by atoms with Gasteiger partial charge in [0.15, 0.2) is 5.78 Å². The fourth-order valence-corrected chi connectivity index (χ4v) is 2.24. The Bertz CT molecular complexity index is 792. The zero-order valence-corrected chi connectivity index (χ0v) is 14.4. The Morgan fingerprint density at radius 1 is 0.852 bits per heavy atom. The van der Waals surface area contributed by atoms with E-state index < -0.39 is 23.3 Å². The summed E-state index contributed by atoms with van der Waals surface area (Å²) in [6.07, 6.45) is 0.331. The summed E-state index contributed by atoms with van der Waals surface area (Å²) in [5.41, 5.74) is -0.784. The van der Waals surface area contributed by atoms with Crippen LogP contribution in [0, 0.1) is 0 Å². The van der Waals surface area contributed by atoms with Gasteiger partial charge in [0, 0.05) is 24.5 Å². The van der Waals surface area contributed by atoms with Gasteiger partial charge in [-0.25, -0.2) is 0 Å². The van der Waals surface area contributed by atoms with Gasteiger partial charge >= 0.3 is 17.8 Å². The van der Waals surface area contributed by atoms with Crippen molar-refractivity contribution in [2.75, 3.05) is 0 Å². The number of Topliss-reactive ketones (excluding diaryl/α,β-unsaturated/α-hetero) is 1. The van der Waals surface area contributed by atoms with Crippen molar-refractivity contribution in [2.45, 2.75) is 38.0 Å². The van der Waals surface area contributed by atoms with E-state index in [1.165, 1.54) is 24.3 Å². The maximum Gasteiger partial charge on any atom is 0.375 e. The molecule has 27 heavy (non-hydrogen) atoms. The molecule has 146 valence electrons. The minimum absolute atomic E-state index is 0.0377. The van der Waals surface area contributed by atoms with Crippen molar-refractivity contribution in [3.8, 4) is 11.5 Å². The minimum Gasteiger partial charge on any atom is -0.457 e. The number of rotatable bonds is 7. The molecule has 8 heteroatoms. The number of ketones is 1. The average molecular weight is 390 g/mol. The Hall–Kier alpha value is -2.51. The van der Waals surface area contributed by atoms with E-state index in [1.54, 1.807) is 6.92 Å². The van der Waals surface area contributed by atoms with E-state index in [1.807, 2.05) is 0 Å². The van der Waals surface area contributed by atoms with Gasteiger partial charge in [-0.05, 0) is 48.5 Å². The molecule has 0 heterocycles. The maximum absolute atomic E-state index is 13.8. The minimum atomic E-state index is -5.55. The van der Waals surface area contributed by atoms with E-state index in [2.05, 4.69) is 0 Å². The van der Waals surface area contributed by atoms with E-state index in [0.717, 1.165) is 12.1 Å². The molecule has 0 spiro atoms. The van der Waals surface area contributed by atoms with Crippen molar-refractivity contribution in [3.63, 3.8) is 0 Å². The summed E-state index contributed by atoms with van der Waals surface area (Å²) < 4.78 is 85.7. The number of alkyl halides is 6. The van der Waals surface area contributed by atoms with Crippen molar-refractivity contribution < 1.29 is 35.9 Å². The first kappa shape index (κ1) is 20.8. The second-order valence-electron chi connectivity index (χ2n) is 5.96. The second kappa shape index (κ2) is 7.25. The standard InChI is InChI=1S/C19H16F6O2/c1-3-16(26)12-4-8-14(9-5-12)27-15-10-6-13(7-11-15)18(22,23)19(24,25)17(2,20)21/h4-11H,3H2,1-2H3. The highest BCUT2D eigenvalue weighted by Gasteiger charge is 2.69. The lowest BCUT2D eigenvalue weighted by molar-refractivity contribution is -0.308. The van der Waals surface area contributed by atoms with Crippen molar-refractivity contribution in [2.24, 2.45) is 0 Å². The fraction of sp³-hybridized carbons (Fsp3) is 0.316. The summed E-state index contributed by atoms with van der Waals surface area (Å²) in [4.78, 5) is 11.5. The summed E-state index contributed by atoms with van der Waals surface area (Å²) in [5.74, 6) is -15.3. The van der Waals surface area contributed by atoms with Gasteiger partial charge in [0.05, 0.1) is 0 Å². The zero-order chi connectivity index (χ0) is 20.5. The predicted molar refractivity (Wildman–Crippen MR) is 87.0 cm³/mol. The summed E-state index contributed by atoms with van der Waals surface area (Å²) in [5, 5.41) is 0. The number of ether oxygens (including phenoxy) is 1. The Labute approximate surface area is 151 Å². The quantitative estimate of drug-likeness (QED) is 0.401. The van der Waals surface area contributed by atoms with Gasteiger partial charge in [0.25, 0.3) is 0 Å². The molecule has 0 bridgehead atoms. The lowest BCUT2D eigenvalue weighted by Gasteiger charge is -2.31. The van der Waals surface area contributed by atoms with Gasteiger partial charge < -0.3 is 4.74 Å². The van der Waals surface area contributed by atoms with E-state index in [-0.39, 0.29) is 24.2 Å². The van der Waals surface area contributed by atoms with Gasteiger partial charge in [-0.2, -0.15) is 26.3 Å². The lowest BCUT2D eigenvalue weighted by atomic mass is 9.98. The molecule has 0 saturated carbocycles. The van der Waals surface area contributed by atoms with Gasteiger partial charge in [0.1, 0.15) is 11.5 Å². The molecule has 0 aromatic heterocycles. The molecule has 2 rings (SSSR count). The summed E-state index contributed by atoms with van der Waals surface area (Å²) in [6.45, 7) is 1.45. The van der Waals surface area contributed by atoms with Crippen LogP contribution in [0.3, 0.4) is 0 Å². The monoisotopic (exact) mass is 390 g/mol. The van der Waals surface area contributed by atoms with E-state index in [0.29, 0.717) is 24.1 Å². The van der Waals surface area contributed by atoms with Crippen LogP contribution in [-0.4, -0.2) is 17.6 Å². The van der Waals surface area contributed by atoms with Gasteiger partial charge in [-0.3, -0.25) is 4.79 Å². The molecule has 0 aliphatic heterocycles. The molecule has 0 atom stereocenters. The molecule has 0 aliphatic carbocycles. The Morgan fingerprint density at radius 2 is 1.30 bits per heavy atom. The molecule has 0 aliphatic rings. The fourth-order valence-electron chi connectivity index (χ4n) is 2.24. The Balaban J connectivity index is 2.19. The number of carbonyl (C=O) groups is 1. The van der Waals surface area contributed by atoms with Crippen molar-refractivity contribution in [3.05, 3.63) is 59.7 Å².